The molecule has 1 aromatic rings. The van der Waals surface area contributed by atoms with Crippen molar-refractivity contribution in [3.63, 3.8) is 0 Å². The van der Waals surface area contributed by atoms with Crippen molar-refractivity contribution in [3.05, 3.63) is 23.9 Å². The standard InChI is InChI=1S/C10H10F3N3/c1-16(7-3-5-14)9-8(10(11,12)13)4-2-6-15-9/h2,4,6H,3,7H2,1H3. The van der Waals surface area contributed by atoms with Gasteiger partial charge in [-0.3, -0.25) is 0 Å². The Hall–Kier alpha value is -1.77. The zero-order valence-corrected chi connectivity index (χ0v) is 8.62. The first kappa shape index (κ1) is 12.3. The van der Waals surface area contributed by atoms with Gasteiger partial charge in [-0.1, -0.05) is 0 Å². The number of rotatable bonds is 3. The van der Waals surface area contributed by atoms with Gasteiger partial charge in [0.25, 0.3) is 0 Å². The van der Waals surface area contributed by atoms with Crippen LogP contribution in [0, 0.1) is 11.3 Å². The summed E-state index contributed by atoms with van der Waals surface area (Å²) in [5.74, 6) is -0.148. The molecule has 0 bridgehead atoms. The molecule has 0 spiro atoms. The molecule has 0 saturated heterocycles. The van der Waals surface area contributed by atoms with Gasteiger partial charge in [0.2, 0.25) is 0 Å². The summed E-state index contributed by atoms with van der Waals surface area (Å²) in [7, 11) is 1.48. The summed E-state index contributed by atoms with van der Waals surface area (Å²) in [5.41, 5.74) is -0.782. The molecule has 1 aromatic heterocycles. The first-order valence-corrected chi connectivity index (χ1v) is 4.57. The summed E-state index contributed by atoms with van der Waals surface area (Å²) < 4.78 is 37.8. The second-order valence-electron chi connectivity index (χ2n) is 3.20. The second-order valence-corrected chi connectivity index (χ2v) is 3.20. The average molecular weight is 229 g/mol. The van der Waals surface area contributed by atoms with Crippen molar-refractivity contribution in [1.82, 2.24) is 4.98 Å². The first-order chi connectivity index (χ1) is 7.46. The van der Waals surface area contributed by atoms with E-state index in [4.69, 9.17) is 5.26 Å². The van der Waals surface area contributed by atoms with E-state index in [0.717, 1.165) is 6.07 Å². The fourth-order valence-corrected chi connectivity index (χ4v) is 1.25. The number of pyridine rings is 1. The Morgan fingerprint density at radius 1 is 1.50 bits per heavy atom. The van der Waals surface area contributed by atoms with Crippen molar-refractivity contribution in [1.29, 1.82) is 5.26 Å². The van der Waals surface area contributed by atoms with Gasteiger partial charge in [-0.2, -0.15) is 18.4 Å². The highest BCUT2D eigenvalue weighted by Gasteiger charge is 2.34. The number of aromatic nitrogens is 1. The Bertz CT molecular complexity index is 395. The molecule has 0 radical (unpaired) electrons. The minimum absolute atomic E-state index is 0.148. The molecule has 0 aliphatic carbocycles. The highest BCUT2D eigenvalue weighted by molar-refractivity contribution is 5.47. The van der Waals surface area contributed by atoms with Crippen molar-refractivity contribution in [3.8, 4) is 6.07 Å². The fourth-order valence-electron chi connectivity index (χ4n) is 1.25. The van der Waals surface area contributed by atoms with E-state index in [2.05, 4.69) is 4.98 Å². The van der Waals surface area contributed by atoms with Crippen molar-refractivity contribution in [2.24, 2.45) is 0 Å². The predicted molar refractivity (Wildman–Crippen MR) is 52.7 cm³/mol. The summed E-state index contributed by atoms with van der Waals surface area (Å²) in [5, 5.41) is 8.37. The Balaban J connectivity index is 3.00. The second kappa shape index (κ2) is 4.84. The van der Waals surface area contributed by atoms with E-state index in [9.17, 15) is 13.2 Å². The third-order valence-electron chi connectivity index (χ3n) is 2.01. The van der Waals surface area contributed by atoms with Gasteiger partial charge in [0, 0.05) is 19.8 Å². The van der Waals surface area contributed by atoms with Gasteiger partial charge in [-0.15, -0.1) is 0 Å². The lowest BCUT2D eigenvalue weighted by Gasteiger charge is -2.20. The van der Waals surface area contributed by atoms with Crippen LogP contribution in [0.3, 0.4) is 0 Å². The molecule has 0 amide bonds. The number of hydrogen-bond acceptors (Lipinski definition) is 3. The van der Waals surface area contributed by atoms with E-state index in [0.29, 0.717) is 0 Å². The Morgan fingerprint density at radius 3 is 2.75 bits per heavy atom. The molecule has 1 rings (SSSR count). The minimum atomic E-state index is -4.43. The number of nitrogens with zero attached hydrogens (tertiary/aromatic N) is 3. The maximum absolute atomic E-state index is 12.6. The van der Waals surface area contributed by atoms with Crippen LogP contribution in [0.5, 0.6) is 0 Å². The van der Waals surface area contributed by atoms with Crippen LogP contribution in [0.2, 0.25) is 0 Å². The first-order valence-electron chi connectivity index (χ1n) is 4.57. The van der Waals surface area contributed by atoms with Crippen LogP contribution in [0.25, 0.3) is 0 Å². The molecule has 86 valence electrons. The highest BCUT2D eigenvalue weighted by Crippen LogP contribution is 2.34. The monoisotopic (exact) mass is 229 g/mol. The van der Waals surface area contributed by atoms with E-state index in [1.54, 1.807) is 0 Å². The Labute approximate surface area is 91.1 Å². The van der Waals surface area contributed by atoms with Gasteiger partial charge in [0.05, 0.1) is 18.1 Å². The predicted octanol–water partition coefficient (Wildman–Crippen LogP) is 2.45. The van der Waals surface area contributed by atoms with Crippen LogP contribution in [0.15, 0.2) is 18.3 Å². The molecule has 3 nitrogen and oxygen atoms in total. The fraction of sp³-hybridized carbons (Fsp3) is 0.400. The summed E-state index contributed by atoms with van der Waals surface area (Å²) in [6, 6.07) is 4.09. The molecule has 6 heteroatoms. The molecule has 0 saturated carbocycles. The number of alkyl halides is 3. The normalized spacial score (nSPS) is 10.9. The lowest BCUT2D eigenvalue weighted by Crippen LogP contribution is -2.23. The Morgan fingerprint density at radius 2 is 2.19 bits per heavy atom. The Kier molecular flexibility index (Phi) is 3.72. The molecule has 0 aliphatic heterocycles. The maximum Gasteiger partial charge on any atom is 0.419 e. The van der Waals surface area contributed by atoms with Crippen LogP contribution >= 0.6 is 0 Å². The van der Waals surface area contributed by atoms with Gasteiger partial charge in [0.1, 0.15) is 5.82 Å². The SMILES string of the molecule is CN(CCC#N)c1ncccc1C(F)(F)F. The molecule has 0 aliphatic rings. The van der Waals surface area contributed by atoms with Crippen LogP contribution in [0.1, 0.15) is 12.0 Å². The van der Waals surface area contributed by atoms with Gasteiger partial charge < -0.3 is 4.90 Å². The molecule has 16 heavy (non-hydrogen) atoms. The maximum atomic E-state index is 12.6. The summed E-state index contributed by atoms with van der Waals surface area (Å²) in [4.78, 5) is 5.02. The van der Waals surface area contributed by atoms with Crippen LogP contribution < -0.4 is 4.90 Å². The average Bonchev–Trinajstić information content (AvgIpc) is 2.24. The van der Waals surface area contributed by atoms with E-state index in [1.165, 1.54) is 24.2 Å². The number of anilines is 1. The molecular weight excluding hydrogens is 219 g/mol. The molecule has 0 aromatic carbocycles. The van der Waals surface area contributed by atoms with Gasteiger partial charge in [-0.05, 0) is 12.1 Å². The van der Waals surface area contributed by atoms with Crippen molar-refractivity contribution >= 4 is 5.82 Å². The van der Waals surface area contributed by atoms with Gasteiger partial charge >= 0.3 is 6.18 Å². The molecule has 0 unspecified atom stereocenters. The third kappa shape index (κ3) is 2.86. The zero-order chi connectivity index (χ0) is 12.2. The quantitative estimate of drug-likeness (QED) is 0.799. The highest BCUT2D eigenvalue weighted by atomic mass is 19.4. The lowest BCUT2D eigenvalue weighted by molar-refractivity contribution is -0.137. The van der Waals surface area contributed by atoms with E-state index in [-0.39, 0.29) is 18.8 Å². The van der Waals surface area contributed by atoms with E-state index < -0.39 is 11.7 Å². The van der Waals surface area contributed by atoms with Crippen LogP contribution in [-0.4, -0.2) is 18.6 Å². The van der Waals surface area contributed by atoms with Crippen molar-refractivity contribution in [2.75, 3.05) is 18.5 Å². The summed E-state index contributed by atoms with van der Waals surface area (Å²) >= 11 is 0. The third-order valence-corrected chi connectivity index (χ3v) is 2.01. The van der Waals surface area contributed by atoms with Crippen LogP contribution in [0.4, 0.5) is 19.0 Å². The minimum Gasteiger partial charge on any atom is -0.358 e. The smallest absolute Gasteiger partial charge is 0.358 e. The van der Waals surface area contributed by atoms with Gasteiger partial charge in [0.15, 0.2) is 0 Å². The van der Waals surface area contributed by atoms with Crippen molar-refractivity contribution in [2.45, 2.75) is 12.6 Å². The lowest BCUT2D eigenvalue weighted by atomic mass is 10.2. The molecule has 0 N–H and O–H groups in total. The van der Waals surface area contributed by atoms with E-state index in [1.807, 2.05) is 6.07 Å². The van der Waals surface area contributed by atoms with Crippen molar-refractivity contribution < 1.29 is 13.2 Å². The topological polar surface area (TPSA) is 39.9 Å². The molecular formula is C10H10F3N3. The number of nitriles is 1. The molecule has 0 atom stereocenters. The molecule has 0 fully saturated rings. The van der Waals surface area contributed by atoms with E-state index >= 15 is 0 Å². The number of hydrogen-bond donors (Lipinski definition) is 0. The summed E-state index contributed by atoms with van der Waals surface area (Å²) in [6.07, 6.45) is -2.97. The summed E-state index contributed by atoms with van der Waals surface area (Å²) in [6.45, 7) is 0.219. The molecule has 1 heterocycles. The zero-order valence-electron chi connectivity index (χ0n) is 8.62. The largest absolute Gasteiger partial charge is 0.419 e. The van der Waals surface area contributed by atoms with Gasteiger partial charge in [-0.25, -0.2) is 4.98 Å². The van der Waals surface area contributed by atoms with Crippen LogP contribution in [-0.2, 0) is 6.18 Å². The number of halogens is 3.